The number of nitrogens with zero attached hydrogens (tertiary/aromatic N) is 3. The number of amides is 2. The van der Waals surface area contributed by atoms with Crippen LogP contribution in [0.3, 0.4) is 0 Å². The fourth-order valence-corrected chi connectivity index (χ4v) is 5.26. The molecule has 2 N–H and O–H groups in total. The van der Waals surface area contributed by atoms with E-state index in [1.165, 1.54) is 33.5 Å². The maximum atomic E-state index is 13.0. The quantitative estimate of drug-likeness (QED) is 0.633. The normalized spacial score (nSPS) is 19.0. The predicted molar refractivity (Wildman–Crippen MR) is 120 cm³/mol. The van der Waals surface area contributed by atoms with Crippen LogP contribution < -0.4 is 10.6 Å². The van der Waals surface area contributed by atoms with Crippen molar-refractivity contribution in [1.82, 2.24) is 24.5 Å². The Balaban J connectivity index is 1.66. The Labute approximate surface area is 201 Å². The zero-order valence-electron chi connectivity index (χ0n) is 19.2. The molecule has 35 heavy (non-hydrogen) atoms. The summed E-state index contributed by atoms with van der Waals surface area (Å²) in [7, 11) is -2.27. The number of imidazole rings is 1. The molecular weight excluding hydrogens is 487 g/mol. The Morgan fingerprint density at radius 1 is 1.26 bits per heavy atom. The van der Waals surface area contributed by atoms with Crippen LogP contribution in [0.5, 0.6) is 0 Å². The van der Waals surface area contributed by atoms with Crippen molar-refractivity contribution in [1.29, 1.82) is 0 Å². The van der Waals surface area contributed by atoms with Gasteiger partial charge in [-0.3, -0.25) is 9.59 Å². The van der Waals surface area contributed by atoms with Crippen molar-refractivity contribution in [2.24, 2.45) is 13.0 Å². The third-order valence-electron chi connectivity index (χ3n) is 5.74. The second-order valence-electron chi connectivity index (χ2n) is 8.43. The van der Waals surface area contributed by atoms with Gasteiger partial charge in [-0.2, -0.15) is 17.5 Å². The molecule has 1 aliphatic rings. The van der Waals surface area contributed by atoms with Gasteiger partial charge in [0.15, 0.2) is 5.03 Å². The molecule has 1 saturated heterocycles. The molecule has 1 unspecified atom stereocenters. The molecule has 1 aliphatic heterocycles. The lowest BCUT2D eigenvalue weighted by Gasteiger charge is -2.21. The lowest BCUT2D eigenvalue weighted by Crippen LogP contribution is -2.36. The summed E-state index contributed by atoms with van der Waals surface area (Å²) in [5, 5.41) is 5.24. The van der Waals surface area contributed by atoms with Crippen LogP contribution in [0.15, 0.2) is 41.8 Å². The number of rotatable bonds is 5. The first-order valence-electron chi connectivity index (χ1n) is 11.2. The van der Waals surface area contributed by atoms with E-state index < -0.39 is 27.7 Å². The SMILES string of the molecule is Cn1cnc(S(=O)(=O)N2CCCC(C(=O)NCc3cccc(C(F)(F)F)c3)CCNC(=O)CC2)c1. The van der Waals surface area contributed by atoms with Gasteiger partial charge in [-0.25, -0.2) is 13.4 Å². The van der Waals surface area contributed by atoms with Gasteiger partial charge < -0.3 is 15.2 Å². The standard InChI is InChI=1S/C22H28F3N5O4S/c1-29-14-20(28-15-29)35(33,34)30-10-3-5-17(7-9-26-19(31)8-11-30)21(32)27-13-16-4-2-6-18(12-16)22(23,24)25/h2,4,6,12,14-15,17H,3,5,7-11,13H2,1H3,(H,26,31)(H,27,32). The minimum atomic E-state index is -4.48. The highest BCUT2D eigenvalue weighted by Gasteiger charge is 2.31. The predicted octanol–water partition coefficient (Wildman–Crippen LogP) is 2.05. The third-order valence-corrected chi connectivity index (χ3v) is 7.52. The molecule has 3 rings (SSSR count). The topological polar surface area (TPSA) is 113 Å². The fraction of sp³-hybridized carbons (Fsp3) is 0.500. The first kappa shape index (κ1) is 26.7. The van der Waals surface area contributed by atoms with Crippen LogP contribution in [-0.4, -0.2) is 53.7 Å². The van der Waals surface area contributed by atoms with Crippen molar-refractivity contribution in [3.05, 3.63) is 47.9 Å². The van der Waals surface area contributed by atoms with Crippen molar-refractivity contribution in [3.63, 3.8) is 0 Å². The van der Waals surface area contributed by atoms with Gasteiger partial charge in [0.25, 0.3) is 10.0 Å². The Bertz CT molecular complexity index is 1150. The molecule has 2 amide bonds. The van der Waals surface area contributed by atoms with Crippen molar-refractivity contribution < 1.29 is 31.2 Å². The minimum Gasteiger partial charge on any atom is -0.356 e. The maximum absolute atomic E-state index is 13.0. The number of benzene rings is 1. The lowest BCUT2D eigenvalue weighted by molar-refractivity contribution is -0.137. The molecule has 0 bridgehead atoms. The molecule has 1 aromatic heterocycles. The van der Waals surface area contributed by atoms with Gasteiger partial charge in [-0.05, 0) is 37.0 Å². The van der Waals surface area contributed by atoms with Gasteiger partial charge in [0, 0.05) is 51.8 Å². The lowest BCUT2D eigenvalue weighted by atomic mass is 9.98. The van der Waals surface area contributed by atoms with Crippen molar-refractivity contribution >= 4 is 21.8 Å². The van der Waals surface area contributed by atoms with E-state index in [1.54, 1.807) is 7.05 Å². The van der Waals surface area contributed by atoms with Crippen LogP contribution in [0.2, 0.25) is 0 Å². The summed E-state index contributed by atoms with van der Waals surface area (Å²) in [5.41, 5.74) is -0.484. The van der Waals surface area contributed by atoms with E-state index in [9.17, 15) is 31.2 Å². The summed E-state index contributed by atoms with van der Waals surface area (Å²) in [6, 6.07) is 4.72. The van der Waals surface area contributed by atoms with E-state index >= 15 is 0 Å². The Morgan fingerprint density at radius 2 is 2.03 bits per heavy atom. The van der Waals surface area contributed by atoms with E-state index in [2.05, 4.69) is 15.6 Å². The van der Waals surface area contributed by atoms with E-state index in [4.69, 9.17) is 0 Å². The molecule has 2 heterocycles. The van der Waals surface area contributed by atoms with Crippen LogP contribution in [0.4, 0.5) is 13.2 Å². The maximum Gasteiger partial charge on any atom is 0.416 e. The summed E-state index contributed by atoms with van der Waals surface area (Å²) in [6.45, 7) is 0.236. The van der Waals surface area contributed by atoms with Crippen LogP contribution in [-0.2, 0) is 39.4 Å². The van der Waals surface area contributed by atoms with Crippen molar-refractivity contribution in [2.75, 3.05) is 19.6 Å². The average molecular weight is 516 g/mol. The molecular formula is C22H28F3N5O4S. The van der Waals surface area contributed by atoms with E-state index in [-0.39, 0.29) is 49.4 Å². The molecule has 0 saturated carbocycles. The van der Waals surface area contributed by atoms with E-state index in [0.29, 0.717) is 24.8 Å². The zero-order valence-corrected chi connectivity index (χ0v) is 20.0. The van der Waals surface area contributed by atoms with Crippen LogP contribution in [0, 0.1) is 5.92 Å². The summed E-state index contributed by atoms with van der Waals surface area (Å²) < 4.78 is 67.5. The number of alkyl halides is 3. The fourth-order valence-electron chi connectivity index (χ4n) is 3.82. The average Bonchev–Trinajstić information content (AvgIpc) is 3.23. The molecule has 0 spiro atoms. The summed E-state index contributed by atoms with van der Waals surface area (Å²) >= 11 is 0. The van der Waals surface area contributed by atoms with Gasteiger partial charge in [0.05, 0.1) is 11.9 Å². The Hall–Kier alpha value is -2.93. The molecule has 0 radical (unpaired) electrons. The number of hydrogen-bond donors (Lipinski definition) is 2. The summed E-state index contributed by atoms with van der Waals surface area (Å²) in [4.78, 5) is 28.9. The molecule has 192 valence electrons. The Kier molecular flexibility index (Phi) is 8.54. The monoisotopic (exact) mass is 515 g/mol. The van der Waals surface area contributed by atoms with Gasteiger partial charge in [0.2, 0.25) is 11.8 Å². The highest BCUT2D eigenvalue weighted by Crippen LogP contribution is 2.29. The molecule has 9 nitrogen and oxygen atoms in total. The second-order valence-corrected chi connectivity index (χ2v) is 10.3. The number of aryl methyl sites for hydroxylation is 1. The highest BCUT2D eigenvalue weighted by molar-refractivity contribution is 7.89. The van der Waals surface area contributed by atoms with Crippen molar-refractivity contribution in [3.8, 4) is 0 Å². The van der Waals surface area contributed by atoms with Crippen LogP contribution in [0.1, 0.15) is 36.8 Å². The molecule has 0 aliphatic carbocycles. The molecule has 1 atom stereocenters. The highest BCUT2D eigenvalue weighted by atomic mass is 32.2. The minimum absolute atomic E-state index is 0.0167. The molecule has 13 heteroatoms. The van der Waals surface area contributed by atoms with Gasteiger partial charge >= 0.3 is 6.18 Å². The van der Waals surface area contributed by atoms with E-state index in [1.807, 2.05) is 0 Å². The van der Waals surface area contributed by atoms with Gasteiger partial charge in [0.1, 0.15) is 0 Å². The van der Waals surface area contributed by atoms with E-state index in [0.717, 1.165) is 12.1 Å². The number of carbonyl (C=O) groups excluding carboxylic acids is 2. The smallest absolute Gasteiger partial charge is 0.356 e. The second kappa shape index (κ2) is 11.2. The largest absolute Gasteiger partial charge is 0.416 e. The molecule has 2 aromatic rings. The van der Waals surface area contributed by atoms with Gasteiger partial charge in [-0.15, -0.1) is 0 Å². The van der Waals surface area contributed by atoms with Crippen molar-refractivity contribution in [2.45, 2.75) is 43.4 Å². The number of hydrogen-bond acceptors (Lipinski definition) is 5. The molecule has 1 fully saturated rings. The number of carbonyl (C=O) groups is 2. The summed E-state index contributed by atoms with van der Waals surface area (Å²) in [6.07, 6.45) is -0.720. The Morgan fingerprint density at radius 3 is 2.71 bits per heavy atom. The molecule has 1 aromatic carbocycles. The number of halogens is 3. The zero-order chi connectivity index (χ0) is 25.6. The number of aromatic nitrogens is 2. The summed E-state index contributed by atoms with van der Waals surface area (Å²) in [5.74, 6) is -1.25. The third kappa shape index (κ3) is 7.28. The van der Waals surface area contributed by atoms with Crippen LogP contribution in [0.25, 0.3) is 0 Å². The first-order chi connectivity index (χ1) is 16.5. The number of sulfonamides is 1. The first-order valence-corrected chi connectivity index (χ1v) is 12.6. The number of nitrogens with one attached hydrogen (secondary N) is 2. The van der Waals surface area contributed by atoms with Gasteiger partial charge in [-0.1, -0.05) is 12.1 Å². The van der Waals surface area contributed by atoms with Crippen LogP contribution >= 0.6 is 0 Å².